The predicted octanol–water partition coefficient (Wildman–Crippen LogP) is 1.86. The topological polar surface area (TPSA) is 89.9 Å². The maximum atomic E-state index is 5.40. The molecule has 0 amide bonds. The summed E-state index contributed by atoms with van der Waals surface area (Å²) in [4.78, 5) is 12.6. The molecule has 0 saturated carbocycles. The molecular weight excluding hydrogens is 344 g/mol. The molecule has 0 bridgehead atoms. The average Bonchev–Trinajstić information content (AvgIpc) is 3.34. The van der Waals surface area contributed by atoms with Crippen molar-refractivity contribution in [2.75, 3.05) is 20.8 Å². The van der Waals surface area contributed by atoms with E-state index in [0.29, 0.717) is 17.9 Å². The van der Waals surface area contributed by atoms with Crippen LogP contribution in [0.15, 0.2) is 24.5 Å². The highest BCUT2D eigenvalue weighted by Crippen LogP contribution is 2.29. The molecule has 2 aromatic heterocycles. The van der Waals surface area contributed by atoms with Gasteiger partial charge >= 0.3 is 0 Å². The van der Waals surface area contributed by atoms with Crippen LogP contribution in [0.5, 0.6) is 11.5 Å². The molecule has 1 atom stereocenters. The molecule has 3 heterocycles. The fourth-order valence-corrected chi connectivity index (χ4v) is 3.53. The molecule has 1 aromatic carbocycles. The monoisotopic (exact) mass is 368 g/mol. The maximum absolute atomic E-state index is 5.40. The second-order valence-corrected chi connectivity index (χ2v) is 6.47. The summed E-state index contributed by atoms with van der Waals surface area (Å²) in [5.74, 6) is 3.11. The SMILES string of the molecule is CCn1nc(Cc2ccc(OC)c(OC)c2)nc1[C@@H]1NCCc2[nH]cnc21. The number of H-pyrrole nitrogens is 1. The molecule has 0 unspecified atom stereocenters. The van der Waals surface area contributed by atoms with Crippen molar-refractivity contribution in [3.63, 3.8) is 0 Å². The van der Waals surface area contributed by atoms with Gasteiger partial charge in [0, 0.05) is 31.6 Å². The van der Waals surface area contributed by atoms with E-state index in [1.807, 2.05) is 22.9 Å². The van der Waals surface area contributed by atoms with E-state index in [4.69, 9.17) is 19.6 Å². The molecule has 0 aliphatic carbocycles. The standard InChI is InChI=1S/C19H24N6O2/c1-4-25-19(18-17-13(7-8-20-18)21-11-22-17)23-16(24-25)10-12-5-6-14(26-2)15(9-12)27-3/h5-6,9,11,18,20H,4,7-8,10H2,1-3H3,(H,21,22)/t18-/m1/s1. The summed E-state index contributed by atoms with van der Waals surface area (Å²) in [5.41, 5.74) is 3.26. The number of imidazole rings is 1. The minimum atomic E-state index is -0.0356. The molecule has 8 nitrogen and oxygen atoms in total. The van der Waals surface area contributed by atoms with Crippen LogP contribution in [-0.2, 0) is 19.4 Å². The second kappa shape index (κ2) is 7.40. The number of methoxy groups -OCH3 is 2. The van der Waals surface area contributed by atoms with Gasteiger partial charge in [0.05, 0.1) is 26.2 Å². The van der Waals surface area contributed by atoms with E-state index >= 15 is 0 Å². The summed E-state index contributed by atoms with van der Waals surface area (Å²) < 4.78 is 12.7. The van der Waals surface area contributed by atoms with Crippen LogP contribution in [0.25, 0.3) is 0 Å². The summed E-state index contributed by atoms with van der Waals surface area (Å²) in [6, 6.07) is 5.85. The third-order valence-corrected chi connectivity index (χ3v) is 4.86. The van der Waals surface area contributed by atoms with Crippen molar-refractivity contribution in [1.82, 2.24) is 30.0 Å². The molecule has 0 spiro atoms. The van der Waals surface area contributed by atoms with Crippen LogP contribution in [0.3, 0.4) is 0 Å². The Hall–Kier alpha value is -2.87. The van der Waals surface area contributed by atoms with E-state index in [2.05, 4.69) is 22.2 Å². The first kappa shape index (κ1) is 17.5. The number of aromatic nitrogens is 5. The summed E-state index contributed by atoms with van der Waals surface area (Å²) in [7, 11) is 3.27. The van der Waals surface area contributed by atoms with E-state index in [-0.39, 0.29) is 6.04 Å². The van der Waals surface area contributed by atoms with Crippen molar-refractivity contribution in [2.45, 2.75) is 32.4 Å². The normalized spacial score (nSPS) is 16.2. The molecule has 142 valence electrons. The van der Waals surface area contributed by atoms with E-state index in [9.17, 15) is 0 Å². The van der Waals surface area contributed by atoms with Crippen LogP contribution < -0.4 is 14.8 Å². The molecule has 0 fully saturated rings. The lowest BCUT2D eigenvalue weighted by atomic mass is 10.0. The third kappa shape index (κ3) is 3.28. The zero-order valence-electron chi connectivity index (χ0n) is 15.8. The first-order valence-corrected chi connectivity index (χ1v) is 9.13. The number of hydrogen-bond donors (Lipinski definition) is 2. The van der Waals surface area contributed by atoms with Gasteiger partial charge in [-0.2, -0.15) is 5.10 Å². The molecule has 4 rings (SSSR count). The lowest BCUT2D eigenvalue weighted by Gasteiger charge is -2.22. The number of rotatable bonds is 6. The minimum absolute atomic E-state index is 0.0356. The molecular formula is C19H24N6O2. The third-order valence-electron chi connectivity index (χ3n) is 4.86. The van der Waals surface area contributed by atoms with Gasteiger partial charge in [-0.15, -0.1) is 0 Å². The summed E-state index contributed by atoms with van der Waals surface area (Å²) in [6.45, 7) is 3.72. The largest absolute Gasteiger partial charge is 0.493 e. The summed E-state index contributed by atoms with van der Waals surface area (Å²) in [6.07, 6.45) is 3.33. The van der Waals surface area contributed by atoms with Crippen molar-refractivity contribution in [3.05, 3.63) is 53.1 Å². The van der Waals surface area contributed by atoms with Crippen LogP contribution in [0.1, 0.15) is 41.6 Å². The Labute approximate surface area is 157 Å². The molecule has 8 heteroatoms. The Morgan fingerprint density at radius 1 is 1.22 bits per heavy atom. The van der Waals surface area contributed by atoms with Gasteiger partial charge in [-0.05, 0) is 24.6 Å². The number of aromatic amines is 1. The molecule has 3 aromatic rings. The minimum Gasteiger partial charge on any atom is -0.493 e. The number of hydrogen-bond acceptors (Lipinski definition) is 6. The Morgan fingerprint density at radius 3 is 2.85 bits per heavy atom. The van der Waals surface area contributed by atoms with Crippen LogP contribution in [-0.4, -0.2) is 45.5 Å². The zero-order valence-corrected chi connectivity index (χ0v) is 15.8. The Kier molecular flexibility index (Phi) is 4.81. The smallest absolute Gasteiger partial charge is 0.161 e. The van der Waals surface area contributed by atoms with Crippen molar-refractivity contribution in [1.29, 1.82) is 0 Å². The van der Waals surface area contributed by atoms with Crippen LogP contribution in [0, 0.1) is 0 Å². The van der Waals surface area contributed by atoms with E-state index in [0.717, 1.165) is 42.4 Å². The van der Waals surface area contributed by atoms with Crippen molar-refractivity contribution in [3.8, 4) is 11.5 Å². The number of nitrogens with one attached hydrogen (secondary N) is 2. The fourth-order valence-electron chi connectivity index (χ4n) is 3.53. The number of ether oxygens (including phenoxy) is 2. The molecule has 27 heavy (non-hydrogen) atoms. The quantitative estimate of drug-likeness (QED) is 0.690. The van der Waals surface area contributed by atoms with Crippen molar-refractivity contribution in [2.24, 2.45) is 0 Å². The first-order valence-electron chi connectivity index (χ1n) is 9.13. The second-order valence-electron chi connectivity index (χ2n) is 6.47. The number of fused-ring (bicyclic) bond motifs is 1. The van der Waals surface area contributed by atoms with Gasteiger partial charge < -0.3 is 19.8 Å². The van der Waals surface area contributed by atoms with Gasteiger partial charge in [-0.25, -0.2) is 14.6 Å². The van der Waals surface area contributed by atoms with E-state index in [1.165, 1.54) is 5.69 Å². The highest BCUT2D eigenvalue weighted by molar-refractivity contribution is 5.43. The van der Waals surface area contributed by atoms with Crippen molar-refractivity contribution >= 4 is 0 Å². The number of aryl methyl sites for hydroxylation is 1. The lowest BCUT2D eigenvalue weighted by molar-refractivity contribution is 0.354. The van der Waals surface area contributed by atoms with Gasteiger partial charge in [-0.1, -0.05) is 6.07 Å². The lowest BCUT2D eigenvalue weighted by Crippen LogP contribution is -2.32. The van der Waals surface area contributed by atoms with Crippen LogP contribution >= 0.6 is 0 Å². The average molecular weight is 368 g/mol. The maximum Gasteiger partial charge on any atom is 0.161 e. The molecule has 2 N–H and O–H groups in total. The van der Waals surface area contributed by atoms with Crippen LogP contribution in [0.4, 0.5) is 0 Å². The molecule has 0 saturated heterocycles. The number of nitrogens with zero attached hydrogens (tertiary/aromatic N) is 4. The molecule has 0 radical (unpaired) electrons. The van der Waals surface area contributed by atoms with Crippen LogP contribution in [0.2, 0.25) is 0 Å². The zero-order chi connectivity index (χ0) is 18.8. The van der Waals surface area contributed by atoms with Crippen molar-refractivity contribution < 1.29 is 9.47 Å². The van der Waals surface area contributed by atoms with Gasteiger partial charge in [0.1, 0.15) is 6.04 Å². The molecule has 1 aliphatic heterocycles. The Morgan fingerprint density at radius 2 is 2.07 bits per heavy atom. The predicted molar refractivity (Wildman–Crippen MR) is 100 cm³/mol. The first-order chi connectivity index (χ1) is 13.2. The van der Waals surface area contributed by atoms with Gasteiger partial charge in [0.2, 0.25) is 0 Å². The molecule has 1 aliphatic rings. The van der Waals surface area contributed by atoms with E-state index in [1.54, 1.807) is 20.5 Å². The van der Waals surface area contributed by atoms with Gasteiger partial charge in [0.25, 0.3) is 0 Å². The highest BCUT2D eigenvalue weighted by atomic mass is 16.5. The highest BCUT2D eigenvalue weighted by Gasteiger charge is 2.28. The summed E-state index contributed by atoms with van der Waals surface area (Å²) >= 11 is 0. The van der Waals surface area contributed by atoms with Gasteiger partial charge in [-0.3, -0.25) is 0 Å². The van der Waals surface area contributed by atoms with E-state index < -0.39 is 0 Å². The van der Waals surface area contributed by atoms with Gasteiger partial charge in [0.15, 0.2) is 23.1 Å². The fraction of sp³-hybridized carbons (Fsp3) is 0.421. The summed E-state index contributed by atoms with van der Waals surface area (Å²) in [5, 5.41) is 8.23. The number of benzene rings is 1. The Balaban J connectivity index is 1.63. The Bertz CT molecular complexity index is 932.